The van der Waals surface area contributed by atoms with Crippen molar-refractivity contribution in [1.29, 1.82) is 0 Å². The summed E-state index contributed by atoms with van der Waals surface area (Å²) in [6.45, 7) is 4.18. The van der Waals surface area contributed by atoms with Crippen LogP contribution < -0.4 is 10.2 Å². The van der Waals surface area contributed by atoms with E-state index in [0.717, 1.165) is 28.1 Å². The van der Waals surface area contributed by atoms with Gasteiger partial charge in [-0.3, -0.25) is 9.78 Å². The average Bonchev–Trinajstić information content (AvgIpc) is 3.17. The molecule has 7 heteroatoms. The molecule has 0 bridgehead atoms. The molecule has 0 aliphatic rings. The van der Waals surface area contributed by atoms with Gasteiger partial charge in [-0.15, -0.1) is 0 Å². The van der Waals surface area contributed by atoms with Gasteiger partial charge in [0, 0.05) is 30.5 Å². The third-order valence-electron chi connectivity index (χ3n) is 5.01. The fourth-order valence-corrected chi connectivity index (χ4v) is 3.02. The van der Waals surface area contributed by atoms with Crippen molar-refractivity contribution in [3.63, 3.8) is 0 Å². The molecule has 2 aromatic heterocycles. The summed E-state index contributed by atoms with van der Waals surface area (Å²) in [6, 6.07) is 15.4. The fraction of sp³-hybridized carbons (Fsp3) is 0.174. The van der Waals surface area contributed by atoms with Gasteiger partial charge in [-0.05, 0) is 55.8 Å². The van der Waals surface area contributed by atoms with Gasteiger partial charge in [-0.25, -0.2) is 9.37 Å². The maximum Gasteiger partial charge on any atom is 0.274 e. The number of carbonyl (C=O) groups is 1. The normalized spacial score (nSPS) is 11.1. The highest BCUT2D eigenvalue weighted by Crippen LogP contribution is 2.22. The van der Waals surface area contributed by atoms with E-state index in [2.05, 4.69) is 34.1 Å². The van der Waals surface area contributed by atoms with Gasteiger partial charge in [-0.1, -0.05) is 18.2 Å². The molecule has 4 aromatic rings. The Kier molecular flexibility index (Phi) is 5.18. The molecule has 4 rings (SSSR count). The van der Waals surface area contributed by atoms with E-state index in [4.69, 9.17) is 0 Å². The number of imidazole rings is 1. The molecule has 152 valence electrons. The minimum Gasteiger partial charge on any atom is -0.343 e. The lowest BCUT2D eigenvalue weighted by Crippen LogP contribution is -2.26. The minimum absolute atomic E-state index is 0.292. The van der Waals surface area contributed by atoms with Crippen LogP contribution in [-0.2, 0) is 0 Å². The summed E-state index contributed by atoms with van der Waals surface area (Å²) in [5, 5.41) is 2.87. The van der Waals surface area contributed by atoms with Crippen LogP contribution >= 0.6 is 0 Å². The summed E-state index contributed by atoms with van der Waals surface area (Å²) in [7, 11) is 1.98. The molecular weight excluding hydrogens is 381 g/mol. The second kappa shape index (κ2) is 7.94. The molecule has 2 N–H and O–H groups in total. The van der Waals surface area contributed by atoms with Crippen LogP contribution in [0, 0.1) is 5.82 Å². The van der Waals surface area contributed by atoms with Gasteiger partial charge in [-0.2, -0.15) is 0 Å². The Balaban J connectivity index is 1.50. The molecule has 0 fully saturated rings. The molecule has 0 aliphatic heterocycles. The number of hydrogen-bond donors (Lipinski definition) is 2. The minimum atomic E-state index is -0.306. The summed E-state index contributed by atoms with van der Waals surface area (Å²) in [4.78, 5) is 26.7. The first-order valence-electron chi connectivity index (χ1n) is 9.66. The van der Waals surface area contributed by atoms with Crippen molar-refractivity contribution in [3.05, 3.63) is 72.3 Å². The number of rotatable bonds is 5. The van der Waals surface area contributed by atoms with Gasteiger partial charge in [0.15, 0.2) is 0 Å². The predicted molar refractivity (Wildman–Crippen MR) is 117 cm³/mol. The van der Waals surface area contributed by atoms with E-state index in [0.29, 0.717) is 17.4 Å². The van der Waals surface area contributed by atoms with Gasteiger partial charge in [0.25, 0.3) is 5.91 Å². The Morgan fingerprint density at radius 2 is 1.80 bits per heavy atom. The van der Waals surface area contributed by atoms with E-state index in [1.165, 1.54) is 12.1 Å². The van der Waals surface area contributed by atoms with Crippen molar-refractivity contribution in [3.8, 4) is 11.1 Å². The van der Waals surface area contributed by atoms with Crippen LogP contribution in [0.2, 0.25) is 0 Å². The van der Waals surface area contributed by atoms with Crippen molar-refractivity contribution in [1.82, 2.24) is 15.0 Å². The molecule has 0 saturated heterocycles. The summed E-state index contributed by atoms with van der Waals surface area (Å²) in [5.74, 6) is 0.181. The topological polar surface area (TPSA) is 73.9 Å². The zero-order valence-electron chi connectivity index (χ0n) is 17.0. The number of amides is 1. The highest BCUT2D eigenvalue weighted by molar-refractivity contribution is 6.03. The molecule has 0 saturated carbocycles. The number of carbonyl (C=O) groups excluding carboxylic acids is 1. The number of H-pyrrole nitrogens is 1. The van der Waals surface area contributed by atoms with E-state index < -0.39 is 0 Å². The molecule has 0 aliphatic carbocycles. The molecule has 30 heavy (non-hydrogen) atoms. The summed E-state index contributed by atoms with van der Waals surface area (Å²) in [5.41, 5.74) is 4.27. The third-order valence-corrected chi connectivity index (χ3v) is 5.01. The second-order valence-corrected chi connectivity index (χ2v) is 7.39. The number of anilines is 2. The molecule has 2 heterocycles. The maximum absolute atomic E-state index is 13.1. The highest BCUT2D eigenvalue weighted by atomic mass is 19.1. The van der Waals surface area contributed by atoms with Gasteiger partial charge >= 0.3 is 0 Å². The number of pyridine rings is 1. The van der Waals surface area contributed by atoms with Gasteiger partial charge in [0.2, 0.25) is 5.95 Å². The van der Waals surface area contributed by atoms with Crippen LogP contribution in [0.4, 0.5) is 16.0 Å². The van der Waals surface area contributed by atoms with E-state index in [1.54, 1.807) is 30.5 Å². The molecule has 6 nitrogen and oxygen atoms in total. The second-order valence-electron chi connectivity index (χ2n) is 7.39. The van der Waals surface area contributed by atoms with E-state index in [-0.39, 0.29) is 11.7 Å². The average molecular weight is 403 g/mol. The standard InChI is InChI=1S/C23H22FN5O/c1-14(2)29(3)23-27-19-11-9-18(12-21(19)28-23)26-22(30)20-10-6-16(13-25-20)15-4-7-17(24)8-5-15/h4-14H,1-3H3,(H,26,30)(H,27,28). The quantitative estimate of drug-likeness (QED) is 0.499. The van der Waals surface area contributed by atoms with E-state index >= 15 is 0 Å². The smallest absolute Gasteiger partial charge is 0.274 e. The first kappa shape index (κ1) is 19.6. The number of aromatic amines is 1. The van der Waals surface area contributed by atoms with Crippen molar-refractivity contribution >= 4 is 28.6 Å². The molecule has 0 spiro atoms. The summed E-state index contributed by atoms with van der Waals surface area (Å²) in [6.07, 6.45) is 1.61. The first-order valence-corrected chi connectivity index (χ1v) is 9.66. The Morgan fingerprint density at radius 1 is 1.07 bits per heavy atom. The molecule has 0 unspecified atom stereocenters. The maximum atomic E-state index is 13.1. The molecular formula is C23H22FN5O. The van der Waals surface area contributed by atoms with Crippen LogP contribution in [0.5, 0.6) is 0 Å². The SMILES string of the molecule is CC(C)N(C)c1nc2ccc(NC(=O)c3ccc(-c4ccc(F)cc4)cn3)cc2[nH]1. The number of nitrogens with one attached hydrogen (secondary N) is 2. The van der Waals surface area contributed by atoms with Gasteiger partial charge in [0.05, 0.1) is 11.0 Å². The monoisotopic (exact) mass is 403 g/mol. The molecule has 0 radical (unpaired) electrons. The van der Waals surface area contributed by atoms with E-state index in [9.17, 15) is 9.18 Å². The van der Waals surface area contributed by atoms with Crippen LogP contribution in [-0.4, -0.2) is 33.9 Å². The van der Waals surface area contributed by atoms with Crippen molar-refractivity contribution < 1.29 is 9.18 Å². The Bertz CT molecular complexity index is 1180. The number of fused-ring (bicyclic) bond motifs is 1. The van der Waals surface area contributed by atoms with Crippen LogP contribution in [0.1, 0.15) is 24.3 Å². The zero-order valence-corrected chi connectivity index (χ0v) is 17.0. The van der Waals surface area contributed by atoms with Crippen LogP contribution in [0.15, 0.2) is 60.8 Å². The number of aromatic nitrogens is 3. The van der Waals surface area contributed by atoms with Gasteiger partial charge < -0.3 is 15.2 Å². The third kappa shape index (κ3) is 4.00. The number of halogens is 1. The van der Waals surface area contributed by atoms with Crippen LogP contribution in [0.25, 0.3) is 22.2 Å². The first-order chi connectivity index (χ1) is 14.4. The van der Waals surface area contributed by atoms with E-state index in [1.807, 2.05) is 30.1 Å². The number of nitrogens with zero attached hydrogens (tertiary/aromatic N) is 3. The van der Waals surface area contributed by atoms with Crippen molar-refractivity contribution in [2.24, 2.45) is 0 Å². The van der Waals surface area contributed by atoms with Crippen molar-refractivity contribution in [2.75, 3.05) is 17.3 Å². The number of hydrogen-bond acceptors (Lipinski definition) is 4. The zero-order chi connectivity index (χ0) is 21.3. The Hall–Kier alpha value is -3.74. The highest BCUT2D eigenvalue weighted by Gasteiger charge is 2.12. The molecule has 1 amide bonds. The Labute approximate surface area is 173 Å². The predicted octanol–water partition coefficient (Wildman–Crippen LogP) is 4.86. The molecule has 2 aromatic carbocycles. The summed E-state index contributed by atoms with van der Waals surface area (Å²) >= 11 is 0. The fourth-order valence-electron chi connectivity index (χ4n) is 3.02. The largest absolute Gasteiger partial charge is 0.343 e. The molecule has 0 atom stereocenters. The lowest BCUT2D eigenvalue weighted by atomic mass is 10.1. The van der Waals surface area contributed by atoms with Crippen molar-refractivity contribution in [2.45, 2.75) is 19.9 Å². The van der Waals surface area contributed by atoms with Crippen LogP contribution in [0.3, 0.4) is 0 Å². The number of benzene rings is 2. The Morgan fingerprint density at radius 3 is 2.47 bits per heavy atom. The lowest BCUT2D eigenvalue weighted by Gasteiger charge is -2.19. The summed E-state index contributed by atoms with van der Waals surface area (Å²) < 4.78 is 13.1. The van der Waals surface area contributed by atoms with Gasteiger partial charge in [0.1, 0.15) is 11.5 Å². The lowest BCUT2D eigenvalue weighted by molar-refractivity contribution is 0.102.